The van der Waals surface area contributed by atoms with Crippen LogP contribution in [-0.4, -0.2) is 24.6 Å². The summed E-state index contributed by atoms with van der Waals surface area (Å²) in [6.45, 7) is 7.28. The molecule has 0 aliphatic rings. The van der Waals surface area contributed by atoms with Crippen molar-refractivity contribution in [2.75, 3.05) is 5.32 Å². The van der Waals surface area contributed by atoms with E-state index in [4.69, 9.17) is 0 Å². The van der Waals surface area contributed by atoms with Crippen molar-refractivity contribution >= 4 is 42.4 Å². The van der Waals surface area contributed by atoms with Crippen molar-refractivity contribution in [2.24, 2.45) is 0 Å². The van der Waals surface area contributed by atoms with Gasteiger partial charge >= 0.3 is 0 Å². The highest BCUT2D eigenvalue weighted by molar-refractivity contribution is 7.92. The summed E-state index contributed by atoms with van der Waals surface area (Å²) in [5.41, 5.74) is 3.49. The maximum atomic E-state index is 12.4. The highest BCUT2D eigenvalue weighted by Gasteiger charge is 2.19. The van der Waals surface area contributed by atoms with Gasteiger partial charge in [-0.2, -0.15) is 0 Å². The third-order valence-electron chi connectivity index (χ3n) is 4.12. The van der Waals surface area contributed by atoms with Gasteiger partial charge in [-0.05, 0) is 69.2 Å². The third-order valence-corrected chi connectivity index (χ3v) is 7.20. The molecule has 3 rings (SSSR count). The second kappa shape index (κ2) is 6.81. The number of hydrogen-bond acceptors (Lipinski definition) is 5. The van der Waals surface area contributed by atoms with Gasteiger partial charge in [0, 0.05) is 5.56 Å². The van der Waals surface area contributed by atoms with Crippen LogP contribution in [0.1, 0.15) is 35.3 Å². The van der Waals surface area contributed by atoms with E-state index in [1.807, 2.05) is 19.9 Å². The summed E-state index contributed by atoms with van der Waals surface area (Å²) in [5, 5.41) is 2.82. The number of fused-ring (bicyclic) bond motifs is 1. The molecule has 0 fully saturated rings. The number of benzene rings is 2. The summed E-state index contributed by atoms with van der Waals surface area (Å²) in [6.07, 6.45) is 0. The Labute approximate surface area is 157 Å². The average molecular weight is 389 g/mol. The Balaban J connectivity index is 1.83. The second-order valence-corrected chi connectivity index (χ2v) is 10.1. The monoisotopic (exact) mass is 388 g/mol. The number of nitrogens with one attached hydrogen (secondary N) is 1. The van der Waals surface area contributed by atoms with Crippen molar-refractivity contribution in [3.8, 4) is 0 Å². The zero-order valence-electron chi connectivity index (χ0n) is 15.0. The highest BCUT2D eigenvalue weighted by atomic mass is 32.2. The van der Waals surface area contributed by atoms with Crippen molar-refractivity contribution in [1.29, 1.82) is 0 Å². The lowest BCUT2D eigenvalue weighted by Crippen LogP contribution is -2.15. The molecule has 0 spiro atoms. The lowest BCUT2D eigenvalue weighted by molar-refractivity contribution is 0.102. The predicted octanol–water partition coefficient (Wildman–Crippen LogP) is 4.35. The first kappa shape index (κ1) is 18.5. The van der Waals surface area contributed by atoms with Crippen LogP contribution in [-0.2, 0) is 9.84 Å². The minimum absolute atomic E-state index is 0.218. The van der Waals surface area contributed by atoms with Gasteiger partial charge in [0.1, 0.15) is 0 Å². The Kier molecular flexibility index (Phi) is 4.86. The van der Waals surface area contributed by atoms with Crippen LogP contribution in [0.4, 0.5) is 5.13 Å². The van der Waals surface area contributed by atoms with Crippen LogP contribution >= 0.6 is 11.3 Å². The standard InChI is InChI=1S/C19H20N2O3S2/c1-11(2)26(23,24)15-7-5-14(6-8-15)18(22)21-19-20-17-13(4)9-12(3)10-16(17)25-19/h5-11H,1-4H3,(H,20,21,22). The van der Waals surface area contributed by atoms with Crippen LogP contribution in [0, 0.1) is 13.8 Å². The number of carbonyl (C=O) groups is 1. The normalized spacial score (nSPS) is 11.9. The quantitative estimate of drug-likeness (QED) is 0.721. The van der Waals surface area contributed by atoms with Gasteiger partial charge in [-0.15, -0.1) is 0 Å². The Hall–Kier alpha value is -2.25. The minimum Gasteiger partial charge on any atom is -0.298 e. The van der Waals surface area contributed by atoms with E-state index in [0.717, 1.165) is 21.3 Å². The molecule has 0 unspecified atom stereocenters. The van der Waals surface area contributed by atoms with E-state index < -0.39 is 15.1 Å². The number of sulfone groups is 1. The molecule has 7 heteroatoms. The zero-order chi connectivity index (χ0) is 19.1. The molecule has 0 aliphatic carbocycles. The van der Waals surface area contributed by atoms with E-state index in [1.54, 1.807) is 13.8 Å². The molecule has 0 bridgehead atoms. The predicted molar refractivity (Wildman–Crippen MR) is 106 cm³/mol. The third kappa shape index (κ3) is 3.50. The van der Waals surface area contributed by atoms with Crippen molar-refractivity contribution in [3.05, 3.63) is 53.1 Å². The fourth-order valence-corrected chi connectivity index (χ4v) is 4.76. The number of nitrogens with zero attached hydrogens (tertiary/aromatic N) is 1. The van der Waals surface area contributed by atoms with Crippen LogP contribution in [0.25, 0.3) is 10.2 Å². The van der Waals surface area contributed by atoms with Crippen LogP contribution in [0.5, 0.6) is 0 Å². The molecule has 1 N–H and O–H groups in total. The Bertz CT molecular complexity index is 1080. The largest absolute Gasteiger partial charge is 0.298 e. The molecule has 136 valence electrons. The lowest BCUT2D eigenvalue weighted by atomic mass is 10.1. The van der Waals surface area contributed by atoms with Gasteiger partial charge in [-0.25, -0.2) is 13.4 Å². The zero-order valence-corrected chi connectivity index (χ0v) is 16.7. The van der Waals surface area contributed by atoms with Gasteiger partial charge < -0.3 is 0 Å². The molecule has 5 nitrogen and oxygen atoms in total. The number of carbonyl (C=O) groups excluding carboxylic acids is 1. The van der Waals surface area contributed by atoms with E-state index in [1.165, 1.54) is 35.6 Å². The Morgan fingerprint density at radius 2 is 1.77 bits per heavy atom. The lowest BCUT2D eigenvalue weighted by Gasteiger charge is -2.08. The van der Waals surface area contributed by atoms with Crippen molar-refractivity contribution in [3.63, 3.8) is 0 Å². The van der Waals surface area contributed by atoms with E-state index in [0.29, 0.717) is 10.7 Å². The molecule has 0 atom stereocenters. The van der Waals surface area contributed by atoms with Crippen molar-refractivity contribution < 1.29 is 13.2 Å². The summed E-state index contributed by atoms with van der Waals surface area (Å²) >= 11 is 1.42. The molecule has 0 saturated carbocycles. The molecule has 2 aromatic carbocycles. The maximum absolute atomic E-state index is 12.4. The first-order valence-corrected chi connectivity index (χ1v) is 10.6. The molecule has 1 amide bonds. The SMILES string of the molecule is Cc1cc(C)c2nc(NC(=O)c3ccc(S(=O)(=O)C(C)C)cc3)sc2c1. The number of anilines is 1. The highest BCUT2D eigenvalue weighted by Crippen LogP contribution is 2.29. The van der Waals surface area contributed by atoms with Gasteiger partial charge in [-0.3, -0.25) is 10.1 Å². The second-order valence-electron chi connectivity index (χ2n) is 6.52. The molecular weight excluding hydrogens is 368 g/mol. The fourth-order valence-electron chi connectivity index (χ4n) is 2.66. The van der Waals surface area contributed by atoms with E-state index in [2.05, 4.69) is 16.4 Å². The summed E-state index contributed by atoms with van der Waals surface area (Å²) in [6, 6.07) is 10.1. The number of rotatable bonds is 4. The fraction of sp³-hybridized carbons (Fsp3) is 0.263. The number of thiazole rings is 1. The average Bonchev–Trinajstić information content (AvgIpc) is 2.97. The molecular formula is C19H20N2O3S2. The van der Waals surface area contributed by atoms with Gasteiger partial charge in [0.15, 0.2) is 15.0 Å². The minimum atomic E-state index is -3.35. The van der Waals surface area contributed by atoms with E-state index in [-0.39, 0.29) is 10.8 Å². The van der Waals surface area contributed by atoms with Crippen molar-refractivity contribution in [2.45, 2.75) is 37.8 Å². The number of amides is 1. The summed E-state index contributed by atoms with van der Waals surface area (Å²) < 4.78 is 25.3. The van der Waals surface area contributed by atoms with Gasteiger partial charge in [0.25, 0.3) is 5.91 Å². The van der Waals surface area contributed by atoms with Crippen molar-refractivity contribution in [1.82, 2.24) is 4.98 Å². The van der Waals surface area contributed by atoms with Crippen LogP contribution < -0.4 is 5.32 Å². The summed E-state index contributed by atoms with van der Waals surface area (Å²) in [7, 11) is -3.35. The van der Waals surface area contributed by atoms with Crippen LogP contribution in [0.3, 0.4) is 0 Å². The maximum Gasteiger partial charge on any atom is 0.257 e. The summed E-state index contributed by atoms with van der Waals surface area (Å²) in [5.74, 6) is -0.313. The van der Waals surface area contributed by atoms with Gasteiger partial charge in [0.2, 0.25) is 0 Å². The summed E-state index contributed by atoms with van der Waals surface area (Å²) in [4.78, 5) is 17.2. The molecule has 3 aromatic rings. The van der Waals surface area contributed by atoms with E-state index >= 15 is 0 Å². The van der Waals surface area contributed by atoms with Gasteiger partial charge in [-0.1, -0.05) is 17.4 Å². The molecule has 0 aliphatic heterocycles. The van der Waals surface area contributed by atoms with E-state index in [9.17, 15) is 13.2 Å². The van der Waals surface area contributed by atoms with Crippen LogP contribution in [0.2, 0.25) is 0 Å². The first-order valence-electron chi connectivity index (χ1n) is 8.21. The Morgan fingerprint density at radius 1 is 1.12 bits per heavy atom. The number of aromatic nitrogens is 1. The van der Waals surface area contributed by atoms with Crippen LogP contribution in [0.15, 0.2) is 41.3 Å². The molecule has 1 heterocycles. The molecule has 0 saturated heterocycles. The topological polar surface area (TPSA) is 76.1 Å². The molecule has 0 radical (unpaired) electrons. The molecule has 1 aromatic heterocycles. The Morgan fingerprint density at radius 3 is 2.38 bits per heavy atom. The molecule has 26 heavy (non-hydrogen) atoms. The number of hydrogen-bond donors (Lipinski definition) is 1. The van der Waals surface area contributed by atoms with Gasteiger partial charge in [0.05, 0.1) is 20.4 Å². The number of aryl methyl sites for hydroxylation is 2. The smallest absolute Gasteiger partial charge is 0.257 e. The first-order chi connectivity index (χ1) is 12.2.